The molecule has 0 aliphatic carbocycles. The zero-order chi connectivity index (χ0) is 3.58. The quantitative estimate of drug-likeness (QED) is 0.469. The molecule has 2 unspecified atom stereocenters. The van der Waals surface area contributed by atoms with E-state index in [2.05, 4.69) is 0 Å². The van der Waals surface area contributed by atoms with Crippen molar-refractivity contribution in [3.63, 3.8) is 0 Å². The van der Waals surface area contributed by atoms with Crippen LogP contribution in [0.1, 0.15) is 0 Å². The zero-order valence-corrected chi connectivity index (χ0v) is 9.74. The second kappa shape index (κ2) is 10.4. The molecule has 0 spiro atoms. The van der Waals surface area contributed by atoms with E-state index in [-0.39, 0.29) is 19.8 Å². The van der Waals surface area contributed by atoms with Crippen LogP contribution in [0.5, 0.6) is 0 Å². The van der Waals surface area contributed by atoms with Crippen LogP contribution in [0.3, 0.4) is 0 Å². The Kier molecular flexibility index (Phi) is 27.2. The summed E-state index contributed by atoms with van der Waals surface area (Å²) in [4.78, 5) is 0. The normalized spacial score (nSPS) is 7.50. The van der Waals surface area contributed by atoms with E-state index in [1.54, 1.807) is 0 Å². The average molecular weight is 275 g/mol. The van der Waals surface area contributed by atoms with Gasteiger partial charge in [-0.15, -0.1) is 0 Å². The Bertz CT molecular complexity index is 13.5. The number of halogens is 3. The number of hydrogen-bond donors (Lipinski definition) is 0. The van der Waals surface area contributed by atoms with Crippen LogP contribution in [0.25, 0.3) is 0 Å². The second-order valence-corrected chi connectivity index (χ2v) is 8.07. The third-order valence-corrected chi connectivity index (χ3v) is 0. The summed E-state index contributed by atoms with van der Waals surface area (Å²) >= 11 is -1.75. The van der Waals surface area contributed by atoms with E-state index in [0.717, 1.165) is 0 Å². The summed E-state index contributed by atoms with van der Waals surface area (Å²) in [5.41, 5.74) is 0. The number of rotatable bonds is 0. The third kappa shape index (κ3) is 32.9. The van der Waals surface area contributed by atoms with Gasteiger partial charge in [-0.05, 0) is 0 Å². The minimum absolute atomic E-state index is 0. The topological polar surface area (TPSA) is 0 Å². The van der Waals surface area contributed by atoms with Gasteiger partial charge in [-0.2, -0.15) is 19.8 Å². The van der Waals surface area contributed by atoms with Crippen molar-refractivity contribution in [3.8, 4) is 0 Å². The van der Waals surface area contributed by atoms with Crippen LogP contribution in [0.15, 0.2) is 0 Å². The molecule has 0 aliphatic rings. The van der Waals surface area contributed by atoms with Crippen LogP contribution >= 0.6 is 48.9 Å². The zero-order valence-electron chi connectivity index (χ0n) is 2.90. The van der Waals surface area contributed by atoms with Crippen LogP contribution in [0.4, 0.5) is 0 Å². The van der Waals surface area contributed by atoms with Gasteiger partial charge in [-0.25, -0.2) is 0 Å². The summed E-state index contributed by atoms with van der Waals surface area (Å²) in [6.45, 7) is 0. The van der Waals surface area contributed by atoms with E-state index in [9.17, 15) is 0 Å². The standard InChI is InChI=1S/3ClH.2H3P.Ru/h3*1H;2*1H3;/q;;;;;+3/p-3. The molecule has 0 aromatic rings. The SMILES string of the molecule is P.P.[Cl][Ru]([Cl])[Cl]. The van der Waals surface area contributed by atoms with Crippen LogP contribution in [-0.2, 0) is 13.0 Å². The maximum atomic E-state index is 4.95. The van der Waals surface area contributed by atoms with Gasteiger partial charge >= 0.3 is 42.1 Å². The molecular weight excluding hydrogens is 269 g/mol. The Morgan fingerprint density at radius 2 is 0.833 bits per heavy atom. The van der Waals surface area contributed by atoms with Crippen molar-refractivity contribution in [1.29, 1.82) is 0 Å². The predicted molar refractivity (Wildman–Crippen MR) is 39.8 cm³/mol. The molecule has 0 radical (unpaired) electrons. The fourth-order valence-electron chi connectivity index (χ4n) is 0. The molecule has 45 valence electrons. The van der Waals surface area contributed by atoms with Gasteiger partial charge in [-0.1, -0.05) is 0 Å². The summed E-state index contributed by atoms with van der Waals surface area (Å²) in [6, 6.07) is 0. The molecule has 0 bridgehead atoms. The third-order valence-electron chi connectivity index (χ3n) is 0. The first-order chi connectivity index (χ1) is 1.73. The van der Waals surface area contributed by atoms with Crippen molar-refractivity contribution in [1.82, 2.24) is 0 Å². The molecule has 6 heavy (non-hydrogen) atoms. The van der Waals surface area contributed by atoms with Gasteiger partial charge in [-0.3, -0.25) is 0 Å². The average Bonchev–Trinajstić information content (AvgIpc) is 0.811. The van der Waals surface area contributed by atoms with Gasteiger partial charge in [0, 0.05) is 0 Å². The van der Waals surface area contributed by atoms with Crippen molar-refractivity contribution in [3.05, 3.63) is 0 Å². The first kappa shape index (κ1) is 15.8. The van der Waals surface area contributed by atoms with Gasteiger partial charge in [0.05, 0.1) is 0 Å². The van der Waals surface area contributed by atoms with Crippen molar-refractivity contribution in [2.24, 2.45) is 0 Å². The molecule has 0 saturated heterocycles. The Morgan fingerprint density at radius 3 is 0.833 bits per heavy atom. The van der Waals surface area contributed by atoms with Gasteiger partial charge in [0.15, 0.2) is 0 Å². The van der Waals surface area contributed by atoms with Crippen LogP contribution in [0, 0.1) is 0 Å². The molecule has 6 heteroatoms. The first-order valence-electron chi connectivity index (χ1n) is 0.401. The summed E-state index contributed by atoms with van der Waals surface area (Å²) in [5, 5.41) is 0. The molecule has 0 rings (SSSR count). The summed E-state index contributed by atoms with van der Waals surface area (Å²) in [7, 11) is 14.8. The van der Waals surface area contributed by atoms with Gasteiger partial charge in [0.2, 0.25) is 0 Å². The molecule has 0 N–H and O–H groups in total. The molecular formula is H6Cl3P2Ru. The van der Waals surface area contributed by atoms with Gasteiger partial charge in [0.25, 0.3) is 0 Å². The van der Waals surface area contributed by atoms with E-state index in [4.69, 9.17) is 29.1 Å². The Morgan fingerprint density at radius 1 is 0.833 bits per heavy atom. The van der Waals surface area contributed by atoms with Gasteiger partial charge in [0.1, 0.15) is 0 Å². The van der Waals surface area contributed by atoms with E-state index in [1.807, 2.05) is 0 Å². The molecule has 0 aliphatic heterocycles. The van der Waals surface area contributed by atoms with Crippen LogP contribution in [0.2, 0.25) is 0 Å². The Labute approximate surface area is 61.6 Å². The minimum atomic E-state index is -1.75. The van der Waals surface area contributed by atoms with Crippen molar-refractivity contribution in [2.75, 3.05) is 0 Å². The van der Waals surface area contributed by atoms with Crippen molar-refractivity contribution >= 4 is 48.9 Å². The second-order valence-electron chi connectivity index (χ2n) is 0.152. The monoisotopic (exact) mass is 275 g/mol. The first-order valence-corrected chi connectivity index (χ1v) is 7.12. The van der Waals surface area contributed by atoms with Crippen molar-refractivity contribution < 1.29 is 13.0 Å². The van der Waals surface area contributed by atoms with Crippen molar-refractivity contribution in [2.45, 2.75) is 0 Å². The molecule has 0 amide bonds. The molecule has 0 heterocycles. The summed E-state index contributed by atoms with van der Waals surface area (Å²) < 4.78 is 0. The van der Waals surface area contributed by atoms with Crippen LogP contribution in [-0.4, -0.2) is 0 Å². The molecule has 0 aromatic carbocycles. The van der Waals surface area contributed by atoms with Crippen LogP contribution < -0.4 is 0 Å². The van der Waals surface area contributed by atoms with E-state index in [0.29, 0.717) is 0 Å². The Balaban J connectivity index is -0.0000000450. The molecule has 0 saturated carbocycles. The fourth-order valence-corrected chi connectivity index (χ4v) is 0. The van der Waals surface area contributed by atoms with E-state index >= 15 is 0 Å². The van der Waals surface area contributed by atoms with E-state index < -0.39 is 13.0 Å². The summed E-state index contributed by atoms with van der Waals surface area (Å²) in [6.07, 6.45) is 0. The molecule has 0 aromatic heterocycles. The van der Waals surface area contributed by atoms with E-state index in [1.165, 1.54) is 0 Å². The fraction of sp³-hybridized carbons (Fsp3) is 0. The predicted octanol–water partition coefficient (Wildman–Crippen LogP) is 2.18. The molecule has 2 atom stereocenters. The Hall–Kier alpha value is 2.35. The van der Waals surface area contributed by atoms with Gasteiger partial charge < -0.3 is 0 Å². The number of hydrogen-bond acceptors (Lipinski definition) is 0. The maximum absolute atomic E-state index is 4.95. The molecule has 0 fully saturated rings. The molecule has 0 nitrogen and oxygen atoms in total. The summed E-state index contributed by atoms with van der Waals surface area (Å²) in [5.74, 6) is 0.